The Labute approximate surface area is 202 Å². The van der Waals surface area contributed by atoms with E-state index in [1.54, 1.807) is 24.3 Å². The van der Waals surface area contributed by atoms with Crippen molar-refractivity contribution in [3.05, 3.63) is 70.3 Å². The third-order valence-corrected chi connectivity index (χ3v) is 6.28. The monoisotopic (exact) mass is 478 g/mol. The van der Waals surface area contributed by atoms with E-state index >= 15 is 0 Å². The molecule has 0 saturated carbocycles. The van der Waals surface area contributed by atoms with E-state index in [9.17, 15) is 24.5 Å². The summed E-state index contributed by atoms with van der Waals surface area (Å²) < 4.78 is 5.08. The van der Waals surface area contributed by atoms with E-state index in [1.165, 1.54) is 30.2 Å². The minimum Gasteiger partial charge on any atom is -0.497 e. The highest BCUT2D eigenvalue weighted by Gasteiger charge is 2.46. The number of hydrogen-bond acceptors (Lipinski definition) is 7. The summed E-state index contributed by atoms with van der Waals surface area (Å²) in [5.74, 6) is -0.642. The van der Waals surface area contributed by atoms with E-state index in [0.29, 0.717) is 37.2 Å². The number of fused-ring (bicyclic) bond motifs is 1. The number of allylic oxidation sites excluding steroid dienone is 2. The Balaban J connectivity index is 1.35. The number of imide groups is 1. The van der Waals surface area contributed by atoms with Crippen LogP contribution in [-0.4, -0.2) is 47.7 Å². The average Bonchev–Trinajstić information content (AvgIpc) is 3.11. The molecule has 3 amide bonds. The number of methoxy groups -OCH3 is 1. The molecule has 0 radical (unpaired) electrons. The fourth-order valence-corrected chi connectivity index (χ4v) is 4.40. The van der Waals surface area contributed by atoms with Crippen LogP contribution in [0.4, 0.5) is 17.1 Å². The molecule has 1 saturated heterocycles. The SMILES string of the molecule is COc1ccc(NC(=O)c2ccc(NCCCN3C(=O)[C@H]4CC=CC[C@H]4C3=O)c([N+](=O)[O-])c2)cc1. The summed E-state index contributed by atoms with van der Waals surface area (Å²) in [5.41, 5.74) is 0.690. The van der Waals surface area contributed by atoms with Gasteiger partial charge in [0, 0.05) is 30.4 Å². The summed E-state index contributed by atoms with van der Waals surface area (Å²) in [6, 6.07) is 10.9. The van der Waals surface area contributed by atoms with Crippen molar-refractivity contribution in [2.24, 2.45) is 11.8 Å². The lowest BCUT2D eigenvalue weighted by atomic mass is 9.85. The second kappa shape index (κ2) is 10.4. The molecule has 35 heavy (non-hydrogen) atoms. The van der Waals surface area contributed by atoms with Gasteiger partial charge < -0.3 is 15.4 Å². The highest BCUT2D eigenvalue weighted by molar-refractivity contribution is 6.06. The Morgan fingerprint density at radius 2 is 1.74 bits per heavy atom. The highest BCUT2D eigenvalue weighted by atomic mass is 16.6. The first-order chi connectivity index (χ1) is 16.9. The summed E-state index contributed by atoms with van der Waals surface area (Å²) in [7, 11) is 1.54. The molecule has 0 bridgehead atoms. The Bertz CT molecular complexity index is 1150. The number of nitrogens with one attached hydrogen (secondary N) is 2. The van der Waals surface area contributed by atoms with Crippen molar-refractivity contribution in [3.63, 3.8) is 0 Å². The number of anilines is 2. The summed E-state index contributed by atoms with van der Waals surface area (Å²) in [4.78, 5) is 50.0. The van der Waals surface area contributed by atoms with E-state index in [1.807, 2.05) is 12.2 Å². The van der Waals surface area contributed by atoms with Crippen LogP contribution in [0.5, 0.6) is 5.75 Å². The lowest BCUT2D eigenvalue weighted by Crippen LogP contribution is -2.33. The van der Waals surface area contributed by atoms with Crippen LogP contribution >= 0.6 is 0 Å². The molecule has 2 N–H and O–H groups in total. The number of carbonyl (C=O) groups excluding carboxylic acids is 3. The number of amides is 3. The van der Waals surface area contributed by atoms with Crippen molar-refractivity contribution in [2.75, 3.05) is 30.8 Å². The maximum atomic E-state index is 12.6. The van der Waals surface area contributed by atoms with Gasteiger partial charge in [0.05, 0.1) is 23.9 Å². The Morgan fingerprint density at radius 1 is 1.09 bits per heavy atom. The Morgan fingerprint density at radius 3 is 2.34 bits per heavy atom. The smallest absolute Gasteiger partial charge is 0.293 e. The van der Waals surface area contributed by atoms with Gasteiger partial charge in [0.2, 0.25) is 11.8 Å². The maximum absolute atomic E-state index is 12.6. The second-order valence-corrected chi connectivity index (χ2v) is 8.44. The first-order valence-electron chi connectivity index (χ1n) is 11.4. The normalized spacial score (nSPS) is 18.8. The number of nitrogens with zero attached hydrogens (tertiary/aromatic N) is 2. The van der Waals surface area contributed by atoms with Gasteiger partial charge in [-0.1, -0.05) is 12.2 Å². The average molecular weight is 479 g/mol. The molecule has 2 atom stereocenters. The third-order valence-electron chi connectivity index (χ3n) is 6.28. The fourth-order valence-electron chi connectivity index (χ4n) is 4.40. The lowest BCUT2D eigenvalue weighted by Gasteiger charge is -2.15. The van der Waals surface area contributed by atoms with Gasteiger partial charge in [-0.25, -0.2) is 0 Å². The second-order valence-electron chi connectivity index (χ2n) is 8.44. The first kappa shape index (κ1) is 23.9. The predicted molar refractivity (Wildman–Crippen MR) is 129 cm³/mol. The number of rotatable bonds is 9. The predicted octanol–water partition coefficient (Wildman–Crippen LogP) is 3.61. The maximum Gasteiger partial charge on any atom is 0.293 e. The molecule has 1 aliphatic heterocycles. The molecule has 10 heteroatoms. The van der Waals surface area contributed by atoms with Crippen LogP contribution in [0.2, 0.25) is 0 Å². The molecule has 0 unspecified atom stereocenters. The molecule has 1 heterocycles. The molecule has 2 aromatic rings. The Hall–Kier alpha value is -4.21. The molecule has 182 valence electrons. The van der Waals surface area contributed by atoms with Crippen LogP contribution in [0.3, 0.4) is 0 Å². The molecule has 0 spiro atoms. The quantitative estimate of drug-likeness (QED) is 0.185. The first-order valence-corrected chi connectivity index (χ1v) is 11.4. The zero-order chi connectivity index (χ0) is 24.9. The Kier molecular flexibility index (Phi) is 7.09. The van der Waals surface area contributed by atoms with Crippen LogP contribution in [0.1, 0.15) is 29.6 Å². The van der Waals surface area contributed by atoms with Crippen LogP contribution < -0.4 is 15.4 Å². The van der Waals surface area contributed by atoms with Gasteiger partial charge >= 0.3 is 0 Å². The van der Waals surface area contributed by atoms with Gasteiger partial charge in [-0.15, -0.1) is 0 Å². The summed E-state index contributed by atoms with van der Waals surface area (Å²) in [6.45, 7) is 0.580. The zero-order valence-corrected chi connectivity index (χ0v) is 19.2. The number of benzene rings is 2. The van der Waals surface area contributed by atoms with Gasteiger partial charge in [0.25, 0.3) is 11.6 Å². The number of carbonyl (C=O) groups is 3. The molecule has 4 rings (SSSR count). The number of nitro groups is 1. The molecule has 2 aliphatic rings. The largest absolute Gasteiger partial charge is 0.497 e. The van der Waals surface area contributed by atoms with Crippen molar-refractivity contribution in [3.8, 4) is 5.75 Å². The molecule has 1 aliphatic carbocycles. The number of nitro benzene ring substituents is 1. The van der Waals surface area contributed by atoms with Crippen LogP contribution in [-0.2, 0) is 9.59 Å². The van der Waals surface area contributed by atoms with Gasteiger partial charge in [0.1, 0.15) is 11.4 Å². The van der Waals surface area contributed by atoms with Crippen LogP contribution in [0.25, 0.3) is 0 Å². The summed E-state index contributed by atoms with van der Waals surface area (Å²) >= 11 is 0. The van der Waals surface area contributed by atoms with E-state index in [0.717, 1.165) is 0 Å². The highest BCUT2D eigenvalue weighted by Crippen LogP contribution is 2.35. The number of likely N-dealkylation sites (tertiary alicyclic amines) is 1. The lowest BCUT2D eigenvalue weighted by molar-refractivity contribution is -0.384. The van der Waals surface area contributed by atoms with E-state index in [4.69, 9.17) is 4.74 Å². The van der Waals surface area contributed by atoms with Gasteiger partial charge in [-0.3, -0.25) is 29.4 Å². The molecule has 2 aromatic carbocycles. The minimum absolute atomic E-state index is 0.137. The van der Waals surface area contributed by atoms with Crippen molar-refractivity contribution >= 4 is 34.8 Å². The number of hydrogen-bond donors (Lipinski definition) is 2. The van der Waals surface area contributed by atoms with Crippen LogP contribution in [0, 0.1) is 22.0 Å². The van der Waals surface area contributed by atoms with E-state index in [-0.39, 0.29) is 47.1 Å². The number of ether oxygens (including phenoxy) is 1. The molecule has 1 fully saturated rings. The van der Waals surface area contributed by atoms with Gasteiger partial charge in [-0.2, -0.15) is 0 Å². The van der Waals surface area contributed by atoms with E-state index in [2.05, 4.69) is 10.6 Å². The zero-order valence-electron chi connectivity index (χ0n) is 19.2. The minimum atomic E-state index is -0.558. The van der Waals surface area contributed by atoms with E-state index < -0.39 is 10.8 Å². The summed E-state index contributed by atoms with van der Waals surface area (Å²) in [6.07, 6.45) is 5.51. The van der Waals surface area contributed by atoms with Crippen molar-refractivity contribution in [1.29, 1.82) is 0 Å². The molecule has 0 aromatic heterocycles. The topological polar surface area (TPSA) is 131 Å². The van der Waals surface area contributed by atoms with Gasteiger partial charge in [0.15, 0.2) is 0 Å². The molecular formula is C25H26N4O6. The fraction of sp³-hybridized carbons (Fsp3) is 0.320. The van der Waals surface area contributed by atoms with Crippen molar-refractivity contribution in [1.82, 2.24) is 4.90 Å². The van der Waals surface area contributed by atoms with Crippen LogP contribution in [0.15, 0.2) is 54.6 Å². The summed E-state index contributed by atoms with van der Waals surface area (Å²) in [5, 5.41) is 17.3. The third kappa shape index (κ3) is 5.16. The molecular weight excluding hydrogens is 452 g/mol. The standard InChI is InChI=1S/C25H26N4O6/c1-35-18-10-8-17(9-11-18)27-23(30)16-7-12-21(22(15-16)29(33)34)26-13-4-14-28-24(31)19-5-2-3-6-20(19)25(28)32/h2-3,7-12,15,19-20,26H,4-6,13-14H2,1H3,(H,27,30)/t19-,20+. The van der Waals surface area contributed by atoms with Gasteiger partial charge in [-0.05, 0) is 55.7 Å². The van der Waals surface area contributed by atoms with Crippen molar-refractivity contribution in [2.45, 2.75) is 19.3 Å². The van der Waals surface area contributed by atoms with Crippen molar-refractivity contribution < 1.29 is 24.0 Å². The molecule has 10 nitrogen and oxygen atoms in total.